The van der Waals surface area contributed by atoms with E-state index in [1.54, 1.807) is 6.07 Å². The SMILES string of the molecule is CCCCN1C(=O)C(=O)N(Cc2cc(-c3ccc(C)cc3)no2)C1=O. The van der Waals surface area contributed by atoms with E-state index in [0.29, 0.717) is 17.9 Å². The third-order valence-corrected chi connectivity index (χ3v) is 4.09. The number of carbonyl (C=O) groups excluding carboxylic acids is 3. The second-order valence-corrected chi connectivity index (χ2v) is 6.03. The summed E-state index contributed by atoms with van der Waals surface area (Å²) in [6.07, 6.45) is 1.49. The lowest BCUT2D eigenvalue weighted by atomic mass is 10.1. The zero-order valence-corrected chi connectivity index (χ0v) is 14.2. The van der Waals surface area contributed by atoms with Gasteiger partial charge in [-0.05, 0) is 13.3 Å². The molecule has 0 radical (unpaired) electrons. The molecule has 0 unspecified atom stereocenters. The number of nitrogens with zero attached hydrogens (tertiary/aromatic N) is 3. The molecule has 130 valence electrons. The maximum Gasteiger partial charge on any atom is 0.334 e. The van der Waals surface area contributed by atoms with Crippen molar-refractivity contribution in [3.8, 4) is 11.3 Å². The molecule has 1 fully saturated rings. The van der Waals surface area contributed by atoms with E-state index in [1.165, 1.54) is 0 Å². The van der Waals surface area contributed by atoms with Gasteiger partial charge in [0.2, 0.25) is 0 Å². The first-order valence-corrected chi connectivity index (χ1v) is 8.21. The number of carbonyl (C=O) groups is 3. The maximum absolute atomic E-state index is 12.3. The highest BCUT2D eigenvalue weighted by Crippen LogP contribution is 2.22. The first kappa shape index (κ1) is 16.9. The molecule has 3 rings (SSSR count). The number of hydrogen-bond donors (Lipinski definition) is 0. The standard InChI is InChI=1S/C18H19N3O4/c1-3-4-9-20-16(22)17(23)21(18(20)24)11-14-10-15(19-25-14)13-7-5-12(2)6-8-13/h5-8,10H,3-4,9,11H2,1-2H3. The molecule has 1 aliphatic heterocycles. The second-order valence-electron chi connectivity index (χ2n) is 6.03. The van der Waals surface area contributed by atoms with Crippen LogP contribution in [-0.2, 0) is 16.1 Å². The van der Waals surface area contributed by atoms with E-state index in [0.717, 1.165) is 27.3 Å². The predicted molar refractivity (Wildman–Crippen MR) is 89.2 cm³/mol. The van der Waals surface area contributed by atoms with Crippen molar-refractivity contribution in [1.82, 2.24) is 15.0 Å². The van der Waals surface area contributed by atoms with E-state index in [4.69, 9.17) is 4.52 Å². The number of rotatable bonds is 6. The lowest BCUT2D eigenvalue weighted by molar-refractivity contribution is -0.143. The Morgan fingerprint density at radius 1 is 1.04 bits per heavy atom. The molecule has 1 aromatic heterocycles. The van der Waals surface area contributed by atoms with Crippen LogP contribution < -0.4 is 0 Å². The summed E-state index contributed by atoms with van der Waals surface area (Å²) in [4.78, 5) is 38.2. The molecule has 0 spiro atoms. The van der Waals surface area contributed by atoms with Crippen molar-refractivity contribution in [2.24, 2.45) is 0 Å². The summed E-state index contributed by atoms with van der Waals surface area (Å²) in [5.74, 6) is -1.26. The predicted octanol–water partition coefficient (Wildman–Crippen LogP) is 2.74. The van der Waals surface area contributed by atoms with Gasteiger partial charge in [-0.1, -0.05) is 48.3 Å². The van der Waals surface area contributed by atoms with Gasteiger partial charge in [0.1, 0.15) is 5.69 Å². The molecule has 1 saturated heterocycles. The molecule has 7 heteroatoms. The zero-order chi connectivity index (χ0) is 18.0. The molecule has 0 aliphatic carbocycles. The monoisotopic (exact) mass is 341 g/mol. The molecule has 2 aromatic rings. The highest BCUT2D eigenvalue weighted by atomic mass is 16.5. The van der Waals surface area contributed by atoms with Gasteiger partial charge in [0, 0.05) is 18.2 Å². The minimum atomic E-state index is -0.825. The van der Waals surface area contributed by atoms with Crippen LogP contribution in [0.25, 0.3) is 11.3 Å². The molecule has 7 nitrogen and oxygen atoms in total. The molecule has 1 aromatic carbocycles. The lowest BCUT2D eigenvalue weighted by Crippen LogP contribution is -2.33. The number of amides is 4. The van der Waals surface area contributed by atoms with E-state index >= 15 is 0 Å². The molecular weight excluding hydrogens is 322 g/mol. The van der Waals surface area contributed by atoms with Crippen molar-refractivity contribution in [3.05, 3.63) is 41.7 Å². The number of benzene rings is 1. The van der Waals surface area contributed by atoms with Crippen LogP contribution in [0.4, 0.5) is 4.79 Å². The summed E-state index contributed by atoms with van der Waals surface area (Å²) in [7, 11) is 0. The fourth-order valence-corrected chi connectivity index (χ4v) is 2.61. The Labute approximate surface area is 145 Å². The van der Waals surface area contributed by atoms with Gasteiger partial charge < -0.3 is 4.52 Å². The Morgan fingerprint density at radius 2 is 1.72 bits per heavy atom. The minimum absolute atomic E-state index is 0.106. The molecule has 4 amide bonds. The molecule has 25 heavy (non-hydrogen) atoms. The molecule has 0 N–H and O–H groups in total. The summed E-state index contributed by atoms with van der Waals surface area (Å²) >= 11 is 0. The molecule has 0 saturated carbocycles. The quantitative estimate of drug-likeness (QED) is 0.596. The Morgan fingerprint density at radius 3 is 2.40 bits per heavy atom. The van der Waals surface area contributed by atoms with Crippen LogP contribution >= 0.6 is 0 Å². The fourth-order valence-electron chi connectivity index (χ4n) is 2.61. The number of unbranched alkanes of at least 4 members (excludes halogenated alkanes) is 1. The van der Waals surface area contributed by atoms with Crippen LogP contribution in [0.1, 0.15) is 31.1 Å². The van der Waals surface area contributed by atoms with Crippen LogP contribution in [0.5, 0.6) is 0 Å². The first-order valence-electron chi connectivity index (χ1n) is 8.21. The molecule has 2 heterocycles. The topological polar surface area (TPSA) is 83.7 Å². The van der Waals surface area contributed by atoms with Gasteiger partial charge in [0.15, 0.2) is 5.76 Å². The highest BCUT2D eigenvalue weighted by molar-refractivity contribution is 6.44. The molecular formula is C18H19N3O4. The van der Waals surface area contributed by atoms with Crippen LogP contribution in [0.15, 0.2) is 34.9 Å². The van der Waals surface area contributed by atoms with Gasteiger partial charge in [-0.2, -0.15) is 0 Å². The van der Waals surface area contributed by atoms with E-state index in [2.05, 4.69) is 5.16 Å². The largest absolute Gasteiger partial charge is 0.359 e. The van der Waals surface area contributed by atoms with Crippen LogP contribution in [0.3, 0.4) is 0 Å². The minimum Gasteiger partial charge on any atom is -0.359 e. The maximum atomic E-state index is 12.3. The third kappa shape index (κ3) is 3.31. The van der Waals surface area contributed by atoms with Crippen molar-refractivity contribution >= 4 is 17.8 Å². The second kappa shape index (κ2) is 6.88. The van der Waals surface area contributed by atoms with Crippen LogP contribution in [-0.4, -0.2) is 39.3 Å². The van der Waals surface area contributed by atoms with Gasteiger partial charge in [-0.15, -0.1) is 0 Å². The summed E-state index contributed by atoms with van der Waals surface area (Å²) in [5.41, 5.74) is 2.62. The number of imide groups is 2. The van der Waals surface area contributed by atoms with Gasteiger partial charge in [0.05, 0.1) is 6.54 Å². The molecule has 1 aliphatic rings. The smallest absolute Gasteiger partial charge is 0.334 e. The van der Waals surface area contributed by atoms with Crippen molar-refractivity contribution in [1.29, 1.82) is 0 Å². The number of aromatic nitrogens is 1. The van der Waals surface area contributed by atoms with E-state index in [-0.39, 0.29) is 13.1 Å². The first-order chi connectivity index (χ1) is 12.0. The summed E-state index contributed by atoms with van der Waals surface area (Å²) in [6.45, 7) is 4.09. The van der Waals surface area contributed by atoms with Gasteiger partial charge >= 0.3 is 17.8 Å². The van der Waals surface area contributed by atoms with Crippen molar-refractivity contribution in [2.75, 3.05) is 6.54 Å². The Balaban J connectivity index is 1.74. The summed E-state index contributed by atoms with van der Waals surface area (Å²) < 4.78 is 5.23. The lowest BCUT2D eigenvalue weighted by Gasteiger charge is -2.13. The van der Waals surface area contributed by atoms with E-state index in [9.17, 15) is 14.4 Å². The summed E-state index contributed by atoms with van der Waals surface area (Å²) in [5, 5.41) is 3.97. The van der Waals surface area contributed by atoms with E-state index in [1.807, 2.05) is 38.1 Å². The van der Waals surface area contributed by atoms with Crippen LogP contribution in [0.2, 0.25) is 0 Å². The van der Waals surface area contributed by atoms with Crippen molar-refractivity contribution in [2.45, 2.75) is 33.2 Å². The average molecular weight is 341 g/mol. The van der Waals surface area contributed by atoms with Crippen molar-refractivity contribution < 1.29 is 18.9 Å². The number of urea groups is 1. The Hall–Kier alpha value is -2.96. The summed E-state index contributed by atoms with van der Waals surface area (Å²) in [6, 6.07) is 8.82. The van der Waals surface area contributed by atoms with Gasteiger partial charge in [-0.25, -0.2) is 9.69 Å². The Kier molecular flexibility index (Phi) is 4.65. The molecule has 0 bridgehead atoms. The highest BCUT2D eigenvalue weighted by Gasteiger charge is 2.44. The zero-order valence-electron chi connectivity index (χ0n) is 14.2. The van der Waals surface area contributed by atoms with Gasteiger partial charge in [-0.3, -0.25) is 14.5 Å². The number of aryl methyl sites for hydroxylation is 1. The van der Waals surface area contributed by atoms with Crippen LogP contribution in [0, 0.1) is 6.92 Å². The molecule has 0 atom stereocenters. The number of hydrogen-bond acceptors (Lipinski definition) is 5. The van der Waals surface area contributed by atoms with E-state index < -0.39 is 17.8 Å². The third-order valence-electron chi connectivity index (χ3n) is 4.09. The fraction of sp³-hybridized carbons (Fsp3) is 0.333. The Bertz CT molecular complexity index is 810. The normalized spacial score (nSPS) is 14.7. The van der Waals surface area contributed by atoms with Crippen molar-refractivity contribution in [3.63, 3.8) is 0 Å². The average Bonchev–Trinajstić information content (AvgIpc) is 3.14. The van der Waals surface area contributed by atoms with Gasteiger partial charge in [0.25, 0.3) is 0 Å².